The van der Waals surface area contributed by atoms with Gasteiger partial charge in [0.25, 0.3) is 0 Å². The number of carbonyl (C=O) groups excluding carboxylic acids is 1. The lowest BCUT2D eigenvalue weighted by Gasteiger charge is -2.16. The Bertz CT molecular complexity index is 440. The van der Waals surface area contributed by atoms with Crippen molar-refractivity contribution in [1.29, 1.82) is 0 Å². The topological polar surface area (TPSA) is 29.5 Å². The molecule has 0 saturated carbocycles. The summed E-state index contributed by atoms with van der Waals surface area (Å²) in [6.07, 6.45) is 4.51. The fourth-order valence-corrected chi connectivity index (χ4v) is 2.02. The summed E-state index contributed by atoms with van der Waals surface area (Å²) in [5, 5.41) is 0. The van der Waals surface area contributed by atoms with Crippen LogP contribution in [0.1, 0.15) is 24.8 Å². The highest BCUT2D eigenvalue weighted by Crippen LogP contribution is 2.27. The van der Waals surface area contributed by atoms with Gasteiger partial charge in [-0.1, -0.05) is 25.1 Å². The maximum absolute atomic E-state index is 11.6. The van der Waals surface area contributed by atoms with Gasteiger partial charge >= 0.3 is 0 Å². The molecule has 1 unspecified atom stereocenters. The molecule has 3 heteroatoms. The van der Waals surface area contributed by atoms with Gasteiger partial charge in [-0.25, -0.2) is 0 Å². The Kier molecular flexibility index (Phi) is 3.47. The van der Waals surface area contributed by atoms with E-state index in [2.05, 4.69) is 12.1 Å². The summed E-state index contributed by atoms with van der Waals surface area (Å²) in [5.41, 5.74) is 1.19. The molecule has 1 aliphatic heterocycles. The summed E-state index contributed by atoms with van der Waals surface area (Å²) >= 11 is 0. The van der Waals surface area contributed by atoms with Crippen molar-refractivity contribution < 1.29 is 9.53 Å². The van der Waals surface area contributed by atoms with Gasteiger partial charge in [0.15, 0.2) is 0 Å². The highest BCUT2D eigenvalue weighted by molar-refractivity contribution is 5.77. The molecule has 0 aliphatic carbocycles. The lowest BCUT2D eigenvalue weighted by Crippen LogP contribution is -2.24. The second-order valence-corrected chi connectivity index (χ2v) is 4.12. The summed E-state index contributed by atoms with van der Waals surface area (Å²) < 4.78 is 5.21. The van der Waals surface area contributed by atoms with Gasteiger partial charge < -0.3 is 9.64 Å². The van der Waals surface area contributed by atoms with E-state index >= 15 is 0 Å². The lowest BCUT2D eigenvalue weighted by atomic mass is 10.0. The van der Waals surface area contributed by atoms with Gasteiger partial charge in [0.2, 0.25) is 5.91 Å². The third-order valence-electron chi connectivity index (χ3n) is 3.04. The van der Waals surface area contributed by atoms with Crippen LogP contribution in [0.3, 0.4) is 0 Å². The van der Waals surface area contributed by atoms with Gasteiger partial charge in [-0.05, 0) is 17.7 Å². The molecule has 0 saturated heterocycles. The maximum Gasteiger partial charge on any atom is 0.226 e. The molecule has 1 heterocycles. The van der Waals surface area contributed by atoms with Crippen LogP contribution in [0.25, 0.3) is 0 Å². The monoisotopic (exact) mass is 231 g/mol. The molecular formula is C14H17NO2. The van der Waals surface area contributed by atoms with Crippen molar-refractivity contribution in [2.24, 2.45) is 0 Å². The fourth-order valence-electron chi connectivity index (χ4n) is 2.02. The van der Waals surface area contributed by atoms with Crippen molar-refractivity contribution >= 4 is 5.91 Å². The minimum Gasteiger partial charge on any atom is -0.497 e. The van der Waals surface area contributed by atoms with E-state index in [0.29, 0.717) is 6.42 Å². The molecular weight excluding hydrogens is 214 g/mol. The smallest absolute Gasteiger partial charge is 0.226 e. The largest absolute Gasteiger partial charge is 0.497 e. The summed E-state index contributed by atoms with van der Waals surface area (Å²) in [5.74, 6) is 1.31. The van der Waals surface area contributed by atoms with Crippen molar-refractivity contribution in [3.05, 3.63) is 42.1 Å². The molecule has 90 valence electrons. The molecule has 0 fully saturated rings. The van der Waals surface area contributed by atoms with E-state index in [1.807, 2.05) is 31.3 Å². The zero-order chi connectivity index (χ0) is 12.3. The predicted octanol–water partition coefficient (Wildman–Crippen LogP) is 2.54. The van der Waals surface area contributed by atoms with Gasteiger partial charge in [-0.2, -0.15) is 0 Å². The lowest BCUT2D eigenvalue weighted by molar-refractivity contribution is -0.128. The Morgan fingerprint density at radius 2 is 2.35 bits per heavy atom. The van der Waals surface area contributed by atoms with Crippen molar-refractivity contribution in [3.63, 3.8) is 0 Å². The third-order valence-corrected chi connectivity index (χ3v) is 3.04. The number of amides is 1. The molecule has 0 N–H and O–H groups in total. The van der Waals surface area contributed by atoms with E-state index in [1.165, 1.54) is 5.56 Å². The molecule has 1 atom stereocenters. The number of rotatable bonds is 3. The first-order valence-electron chi connectivity index (χ1n) is 5.86. The normalized spacial score (nSPS) is 18.5. The summed E-state index contributed by atoms with van der Waals surface area (Å²) in [4.78, 5) is 13.3. The van der Waals surface area contributed by atoms with Gasteiger partial charge in [-0.15, -0.1) is 0 Å². The van der Waals surface area contributed by atoms with Crippen LogP contribution in [-0.2, 0) is 4.79 Å². The predicted molar refractivity (Wildman–Crippen MR) is 66.9 cm³/mol. The second-order valence-electron chi connectivity index (χ2n) is 4.12. The molecule has 0 spiro atoms. The van der Waals surface area contributed by atoms with E-state index < -0.39 is 0 Å². The van der Waals surface area contributed by atoms with Crippen LogP contribution < -0.4 is 4.74 Å². The molecule has 0 radical (unpaired) electrons. The van der Waals surface area contributed by atoms with Crippen LogP contribution in [0.5, 0.6) is 5.75 Å². The van der Waals surface area contributed by atoms with Crippen molar-refractivity contribution in [1.82, 2.24) is 4.90 Å². The molecule has 0 aromatic heterocycles. The highest BCUT2D eigenvalue weighted by atomic mass is 16.5. The zero-order valence-electron chi connectivity index (χ0n) is 10.2. The van der Waals surface area contributed by atoms with Gasteiger partial charge in [0.05, 0.1) is 7.11 Å². The quantitative estimate of drug-likeness (QED) is 0.800. The van der Waals surface area contributed by atoms with Crippen molar-refractivity contribution in [3.8, 4) is 5.75 Å². The van der Waals surface area contributed by atoms with Crippen LogP contribution >= 0.6 is 0 Å². The molecule has 3 nitrogen and oxygen atoms in total. The fraction of sp³-hybridized carbons (Fsp3) is 0.357. The van der Waals surface area contributed by atoms with Crippen LogP contribution in [-0.4, -0.2) is 24.5 Å². The Labute approximate surface area is 102 Å². The van der Waals surface area contributed by atoms with Crippen LogP contribution in [0.4, 0.5) is 0 Å². The third kappa shape index (κ3) is 2.49. The first-order valence-corrected chi connectivity index (χ1v) is 5.86. The Balaban J connectivity index is 2.10. The molecule has 1 aliphatic rings. The van der Waals surface area contributed by atoms with Gasteiger partial charge in [0, 0.05) is 25.1 Å². The van der Waals surface area contributed by atoms with Gasteiger partial charge in [-0.3, -0.25) is 4.79 Å². The number of carbonyl (C=O) groups is 1. The van der Waals surface area contributed by atoms with Gasteiger partial charge in [0.1, 0.15) is 5.75 Å². The number of hydrogen-bond acceptors (Lipinski definition) is 2. The summed E-state index contributed by atoms with van der Waals surface area (Å²) in [6, 6.07) is 8.00. The number of ether oxygens (including phenoxy) is 1. The Morgan fingerprint density at radius 3 is 3.06 bits per heavy atom. The van der Waals surface area contributed by atoms with E-state index in [4.69, 9.17) is 4.74 Å². The second kappa shape index (κ2) is 5.04. The molecule has 17 heavy (non-hydrogen) atoms. The molecule has 1 aromatic carbocycles. The van der Waals surface area contributed by atoms with Crippen LogP contribution in [0.15, 0.2) is 36.5 Å². The minimum absolute atomic E-state index is 0.173. The number of nitrogens with zero attached hydrogens (tertiary/aromatic N) is 1. The number of methoxy groups -OCH3 is 1. The minimum atomic E-state index is 0.173. The van der Waals surface area contributed by atoms with E-state index in [9.17, 15) is 4.79 Å². The molecule has 1 aromatic rings. The van der Waals surface area contributed by atoms with Crippen LogP contribution in [0, 0.1) is 0 Å². The SMILES string of the molecule is CCC(=O)N1C=CC(c2cccc(OC)c2)C1. The standard InChI is InChI=1S/C14H17NO2/c1-3-14(16)15-8-7-12(10-15)11-5-4-6-13(9-11)17-2/h4-9,12H,3,10H2,1-2H3. The van der Waals surface area contributed by atoms with E-state index in [0.717, 1.165) is 12.3 Å². The molecule has 0 bridgehead atoms. The maximum atomic E-state index is 11.6. The summed E-state index contributed by atoms with van der Waals surface area (Å²) in [6.45, 7) is 2.62. The highest BCUT2D eigenvalue weighted by Gasteiger charge is 2.21. The van der Waals surface area contributed by atoms with Crippen molar-refractivity contribution in [2.45, 2.75) is 19.3 Å². The first-order chi connectivity index (χ1) is 8.24. The van der Waals surface area contributed by atoms with Crippen LogP contribution in [0.2, 0.25) is 0 Å². The molecule has 1 amide bonds. The Morgan fingerprint density at radius 1 is 1.53 bits per heavy atom. The average Bonchev–Trinajstić information content (AvgIpc) is 2.87. The van der Waals surface area contributed by atoms with E-state index in [-0.39, 0.29) is 11.8 Å². The zero-order valence-corrected chi connectivity index (χ0v) is 10.2. The molecule has 2 rings (SSSR count). The Hall–Kier alpha value is -1.77. The number of benzene rings is 1. The number of hydrogen-bond donors (Lipinski definition) is 0. The van der Waals surface area contributed by atoms with E-state index in [1.54, 1.807) is 12.0 Å². The first kappa shape index (κ1) is 11.7. The summed E-state index contributed by atoms with van der Waals surface area (Å²) in [7, 11) is 1.66. The van der Waals surface area contributed by atoms with Crippen molar-refractivity contribution in [2.75, 3.05) is 13.7 Å². The average molecular weight is 231 g/mol.